The smallest absolute Gasteiger partial charge is 0.0398 e. The van der Waals surface area contributed by atoms with Crippen molar-refractivity contribution in [3.63, 3.8) is 0 Å². The SMILES string of the molecule is [CH2]c1ccccc1N1CCC(N)CC1. The number of anilines is 1. The van der Waals surface area contributed by atoms with Crippen LogP contribution in [0.1, 0.15) is 18.4 Å². The normalized spacial score (nSPS) is 18.6. The van der Waals surface area contributed by atoms with Crippen molar-refractivity contribution >= 4 is 5.69 Å². The third-order valence-corrected chi connectivity index (χ3v) is 2.87. The first-order valence-electron chi connectivity index (χ1n) is 5.19. The van der Waals surface area contributed by atoms with Crippen LogP contribution < -0.4 is 10.6 Å². The molecule has 2 rings (SSSR count). The standard InChI is InChI=1S/C12H17N2/c1-10-4-2-3-5-12(10)14-8-6-11(13)7-9-14/h2-5,11H,1,6-9,13H2. The summed E-state index contributed by atoms with van der Waals surface area (Å²) in [6.45, 7) is 6.17. The van der Waals surface area contributed by atoms with Gasteiger partial charge in [0.25, 0.3) is 0 Å². The van der Waals surface area contributed by atoms with Crippen LogP contribution in [0.25, 0.3) is 0 Å². The highest BCUT2D eigenvalue weighted by atomic mass is 15.1. The average molecular weight is 189 g/mol. The van der Waals surface area contributed by atoms with E-state index in [-0.39, 0.29) is 0 Å². The van der Waals surface area contributed by atoms with Gasteiger partial charge in [0.2, 0.25) is 0 Å². The van der Waals surface area contributed by atoms with Crippen LogP contribution in [-0.4, -0.2) is 19.1 Å². The lowest BCUT2D eigenvalue weighted by molar-refractivity contribution is 0.501. The van der Waals surface area contributed by atoms with Crippen molar-refractivity contribution in [2.45, 2.75) is 18.9 Å². The van der Waals surface area contributed by atoms with Gasteiger partial charge in [-0.25, -0.2) is 0 Å². The summed E-state index contributed by atoms with van der Waals surface area (Å²) in [5, 5.41) is 0. The summed E-state index contributed by atoms with van der Waals surface area (Å²) in [5.74, 6) is 0. The number of para-hydroxylation sites is 1. The van der Waals surface area contributed by atoms with Gasteiger partial charge in [-0.15, -0.1) is 0 Å². The maximum absolute atomic E-state index is 5.87. The Hall–Kier alpha value is -1.02. The van der Waals surface area contributed by atoms with Crippen LogP contribution in [0, 0.1) is 6.92 Å². The number of piperidine rings is 1. The maximum atomic E-state index is 5.87. The molecule has 0 aromatic heterocycles. The van der Waals surface area contributed by atoms with Crippen molar-refractivity contribution in [1.29, 1.82) is 0 Å². The fourth-order valence-electron chi connectivity index (χ4n) is 1.96. The van der Waals surface area contributed by atoms with Crippen LogP contribution >= 0.6 is 0 Å². The molecule has 0 aliphatic carbocycles. The highest BCUT2D eigenvalue weighted by Crippen LogP contribution is 2.22. The third kappa shape index (κ3) is 1.90. The number of nitrogens with zero attached hydrogens (tertiary/aromatic N) is 1. The van der Waals surface area contributed by atoms with Crippen molar-refractivity contribution in [2.75, 3.05) is 18.0 Å². The first-order valence-corrected chi connectivity index (χ1v) is 5.19. The van der Waals surface area contributed by atoms with Crippen LogP contribution in [0.15, 0.2) is 24.3 Å². The molecule has 0 amide bonds. The largest absolute Gasteiger partial charge is 0.371 e. The minimum atomic E-state index is 0.392. The molecule has 1 heterocycles. The van der Waals surface area contributed by atoms with Crippen LogP contribution in [0.3, 0.4) is 0 Å². The molecule has 75 valence electrons. The first-order chi connectivity index (χ1) is 6.77. The van der Waals surface area contributed by atoms with E-state index in [2.05, 4.69) is 30.0 Å². The molecular formula is C12H17N2. The summed E-state index contributed by atoms with van der Waals surface area (Å²) in [4.78, 5) is 2.38. The quantitative estimate of drug-likeness (QED) is 0.730. The molecule has 1 saturated heterocycles. The molecule has 1 radical (unpaired) electrons. The van der Waals surface area contributed by atoms with Crippen molar-refractivity contribution in [3.8, 4) is 0 Å². The Kier molecular flexibility index (Phi) is 2.73. The average Bonchev–Trinajstić information content (AvgIpc) is 2.20. The number of rotatable bonds is 1. The topological polar surface area (TPSA) is 29.3 Å². The molecule has 2 nitrogen and oxygen atoms in total. The zero-order valence-electron chi connectivity index (χ0n) is 8.45. The monoisotopic (exact) mass is 189 g/mol. The molecule has 14 heavy (non-hydrogen) atoms. The molecule has 0 spiro atoms. The van der Waals surface area contributed by atoms with E-state index >= 15 is 0 Å². The minimum absolute atomic E-state index is 0.392. The predicted molar refractivity (Wildman–Crippen MR) is 60.3 cm³/mol. The van der Waals surface area contributed by atoms with Crippen LogP contribution in [0.5, 0.6) is 0 Å². The van der Waals surface area contributed by atoms with E-state index in [1.165, 1.54) is 5.69 Å². The van der Waals surface area contributed by atoms with Crippen molar-refractivity contribution in [2.24, 2.45) is 5.73 Å². The zero-order valence-corrected chi connectivity index (χ0v) is 8.45. The zero-order chi connectivity index (χ0) is 9.97. The van der Waals surface area contributed by atoms with E-state index in [9.17, 15) is 0 Å². The molecule has 0 saturated carbocycles. The summed E-state index contributed by atoms with van der Waals surface area (Å²) in [6, 6.07) is 8.69. The number of hydrogen-bond donors (Lipinski definition) is 1. The summed E-state index contributed by atoms with van der Waals surface area (Å²) in [7, 11) is 0. The molecule has 1 aliphatic heterocycles. The Morgan fingerprint density at radius 2 is 1.86 bits per heavy atom. The van der Waals surface area contributed by atoms with Gasteiger partial charge in [-0.05, 0) is 31.4 Å². The number of nitrogens with two attached hydrogens (primary N) is 1. The molecule has 1 aliphatic rings. The highest BCUT2D eigenvalue weighted by Gasteiger charge is 2.16. The Bertz CT molecular complexity index is 301. The van der Waals surface area contributed by atoms with Crippen LogP contribution in [0.2, 0.25) is 0 Å². The van der Waals surface area contributed by atoms with Crippen molar-refractivity contribution < 1.29 is 0 Å². The van der Waals surface area contributed by atoms with Crippen LogP contribution in [0.4, 0.5) is 5.69 Å². The van der Waals surface area contributed by atoms with Crippen molar-refractivity contribution in [1.82, 2.24) is 0 Å². The minimum Gasteiger partial charge on any atom is -0.371 e. The second-order valence-corrected chi connectivity index (χ2v) is 3.95. The van der Waals surface area contributed by atoms with Gasteiger partial charge in [-0.2, -0.15) is 0 Å². The van der Waals surface area contributed by atoms with E-state index in [0.717, 1.165) is 31.5 Å². The molecule has 0 bridgehead atoms. The molecule has 0 atom stereocenters. The van der Waals surface area contributed by atoms with Gasteiger partial charge >= 0.3 is 0 Å². The molecular weight excluding hydrogens is 172 g/mol. The lowest BCUT2D eigenvalue weighted by atomic mass is 10.0. The second-order valence-electron chi connectivity index (χ2n) is 3.95. The Labute approximate surface area is 85.7 Å². The molecule has 0 unspecified atom stereocenters. The second kappa shape index (κ2) is 4.01. The molecule has 2 N–H and O–H groups in total. The fourth-order valence-corrected chi connectivity index (χ4v) is 1.96. The first kappa shape index (κ1) is 9.53. The Morgan fingerprint density at radius 1 is 1.21 bits per heavy atom. The van der Waals surface area contributed by atoms with Gasteiger partial charge < -0.3 is 10.6 Å². The number of hydrogen-bond acceptors (Lipinski definition) is 2. The van der Waals surface area contributed by atoms with E-state index in [0.29, 0.717) is 6.04 Å². The van der Waals surface area contributed by atoms with Gasteiger partial charge in [0.1, 0.15) is 0 Å². The van der Waals surface area contributed by atoms with E-state index in [1.54, 1.807) is 0 Å². The molecule has 1 aromatic carbocycles. The Balaban J connectivity index is 2.12. The third-order valence-electron chi connectivity index (χ3n) is 2.87. The van der Waals surface area contributed by atoms with E-state index in [1.807, 2.05) is 6.07 Å². The molecule has 1 aromatic rings. The van der Waals surface area contributed by atoms with E-state index in [4.69, 9.17) is 5.73 Å². The lowest BCUT2D eigenvalue weighted by Crippen LogP contribution is -2.39. The summed E-state index contributed by atoms with van der Waals surface area (Å²) < 4.78 is 0. The number of benzene rings is 1. The van der Waals surface area contributed by atoms with Gasteiger partial charge in [0.05, 0.1) is 0 Å². The van der Waals surface area contributed by atoms with E-state index < -0.39 is 0 Å². The molecule has 1 fully saturated rings. The summed E-state index contributed by atoms with van der Waals surface area (Å²) in [5.41, 5.74) is 8.25. The predicted octanol–water partition coefficient (Wildman–Crippen LogP) is 1.80. The van der Waals surface area contributed by atoms with Crippen molar-refractivity contribution in [3.05, 3.63) is 36.8 Å². The fraction of sp³-hybridized carbons (Fsp3) is 0.417. The maximum Gasteiger partial charge on any atom is 0.0398 e. The highest BCUT2D eigenvalue weighted by molar-refractivity contribution is 5.55. The summed E-state index contributed by atoms with van der Waals surface area (Å²) in [6.07, 6.45) is 2.18. The Morgan fingerprint density at radius 3 is 2.50 bits per heavy atom. The van der Waals surface area contributed by atoms with Gasteiger partial charge in [-0.3, -0.25) is 0 Å². The van der Waals surface area contributed by atoms with Crippen LogP contribution in [-0.2, 0) is 0 Å². The van der Waals surface area contributed by atoms with Gasteiger partial charge in [0.15, 0.2) is 0 Å². The lowest BCUT2D eigenvalue weighted by Gasteiger charge is -2.32. The van der Waals surface area contributed by atoms with Gasteiger partial charge in [-0.1, -0.05) is 18.2 Å². The van der Waals surface area contributed by atoms with Gasteiger partial charge in [0, 0.05) is 24.8 Å². The summed E-state index contributed by atoms with van der Waals surface area (Å²) >= 11 is 0. The molecule has 2 heteroatoms.